The van der Waals surface area contributed by atoms with E-state index in [1.54, 1.807) is 6.92 Å². The second-order valence-corrected chi connectivity index (χ2v) is 5.13. The summed E-state index contributed by atoms with van der Waals surface area (Å²) in [5, 5.41) is 21.0. The molecule has 6 heteroatoms. The van der Waals surface area contributed by atoms with Gasteiger partial charge in [-0.15, -0.1) is 0 Å². The van der Waals surface area contributed by atoms with Crippen molar-refractivity contribution < 1.29 is 10.2 Å². The predicted octanol–water partition coefficient (Wildman–Crippen LogP) is 0.460. The molecule has 2 heterocycles. The molecule has 96 valence electrons. The van der Waals surface area contributed by atoms with Crippen molar-refractivity contribution in [2.24, 2.45) is 0 Å². The van der Waals surface area contributed by atoms with Crippen molar-refractivity contribution in [3.63, 3.8) is 0 Å². The molecule has 6 nitrogen and oxygen atoms in total. The van der Waals surface area contributed by atoms with Gasteiger partial charge >= 0.3 is 0 Å². The average molecular weight is 248 g/mol. The standard InChI is InChI=1S/C12H16N4O2/c1-12(18)4-2-8(9(12)17)16-5-3-7-10(13)14-6-15-11(7)16/h3,5-6,8-9,17-18H,2,4H2,1H3,(H2,13,14,15). The lowest BCUT2D eigenvalue weighted by atomic mass is 10.0. The van der Waals surface area contributed by atoms with E-state index in [-0.39, 0.29) is 6.04 Å². The summed E-state index contributed by atoms with van der Waals surface area (Å²) in [6.45, 7) is 1.66. The Kier molecular flexibility index (Phi) is 2.33. The number of aromatic nitrogens is 3. The lowest BCUT2D eigenvalue weighted by molar-refractivity contribution is -0.0511. The topological polar surface area (TPSA) is 97.2 Å². The first kappa shape index (κ1) is 11.4. The minimum Gasteiger partial charge on any atom is -0.388 e. The first-order valence-electron chi connectivity index (χ1n) is 5.98. The number of aliphatic hydroxyl groups excluding tert-OH is 1. The number of rotatable bonds is 1. The summed E-state index contributed by atoms with van der Waals surface area (Å²) in [6.07, 6.45) is 3.73. The summed E-state index contributed by atoms with van der Waals surface area (Å²) in [7, 11) is 0. The summed E-state index contributed by atoms with van der Waals surface area (Å²) in [5.74, 6) is 0.429. The van der Waals surface area contributed by atoms with Gasteiger partial charge in [-0.05, 0) is 25.8 Å². The molecule has 0 aromatic carbocycles. The van der Waals surface area contributed by atoms with Crippen LogP contribution in [0.25, 0.3) is 11.0 Å². The highest BCUT2D eigenvalue weighted by atomic mass is 16.3. The number of hydrogen-bond donors (Lipinski definition) is 3. The van der Waals surface area contributed by atoms with Crippen molar-refractivity contribution in [1.82, 2.24) is 14.5 Å². The molecule has 18 heavy (non-hydrogen) atoms. The molecule has 1 saturated carbocycles. The highest BCUT2D eigenvalue weighted by Gasteiger charge is 2.44. The number of nitrogen functional groups attached to an aromatic ring is 1. The van der Waals surface area contributed by atoms with Gasteiger partial charge in [-0.1, -0.05) is 0 Å². The molecule has 2 aromatic heterocycles. The minimum absolute atomic E-state index is 0.174. The van der Waals surface area contributed by atoms with E-state index in [2.05, 4.69) is 9.97 Å². The van der Waals surface area contributed by atoms with E-state index in [1.165, 1.54) is 6.33 Å². The van der Waals surface area contributed by atoms with E-state index in [4.69, 9.17) is 5.73 Å². The van der Waals surface area contributed by atoms with Gasteiger partial charge in [0.25, 0.3) is 0 Å². The highest BCUT2D eigenvalue weighted by Crippen LogP contribution is 2.39. The zero-order chi connectivity index (χ0) is 12.9. The zero-order valence-corrected chi connectivity index (χ0v) is 10.1. The molecule has 4 N–H and O–H groups in total. The fraction of sp³-hybridized carbons (Fsp3) is 0.500. The van der Waals surface area contributed by atoms with E-state index in [1.807, 2.05) is 16.8 Å². The summed E-state index contributed by atoms with van der Waals surface area (Å²) in [6, 6.07) is 1.66. The molecule has 0 saturated heterocycles. The lowest BCUT2D eigenvalue weighted by Gasteiger charge is -2.25. The van der Waals surface area contributed by atoms with Crippen LogP contribution in [0.2, 0.25) is 0 Å². The minimum atomic E-state index is -1.04. The van der Waals surface area contributed by atoms with Crippen LogP contribution in [0, 0.1) is 0 Å². The van der Waals surface area contributed by atoms with Crippen LogP contribution in [0.4, 0.5) is 5.82 Å². The van der Waals surface area contributed by atoms with Crippen molar-refractivity contribution in [2.75, 3.05) is 5.73 Å². The number of nitrogens with two attached hydrogens (primary N) is 1. The SMILES string of the molecule is CC1(O)CCC(n2ccc3c(N)ncnc32)C1O. The third kappa shape index (κ3) is 1.49. The van der Waals surface area contributed by atoms with Gasteiger partial charge in [-0.3, -0.25) is 0 Å². The molecular formula is C12H16N4O2. The Balaban J connectivity index is 2.09. The Morgan fingerprint density at radius 2 is 2.28 bits per heavy atom. The molecule has 0 bridgehead atoms. The molecule has 3 unspecified atom stereocenters. The van der Waals surface area contributed by atoms with E-state index in [0.717, 1.165) is 5.39 Å². The maximum Gasteiger partial charge on any atom is 0.145 e. The normalized spacial score (nSPS) is 32.2. The molecular weight excluding hydrogens is 232 g/mol. The fourth-order valence-corrected chi connectivity index (χ4v) is 2.71. The molecule has 1 fully saturated rings. The van der Waals surface area contributed by atoms with Crippen molar-refractivity contribution in [3.8, 4) is 0 Å². The monoisotopic (exact) mass is 248 g/mol. The number of nitrogens with zero attached hydrogens (tertiary/aromatic N) is 3. The second kappa shape index (κ2) is 3.66. The Bertz CT molecular complexity index is 593. The molecule has 0 spiro atoms. The van der Waals surface area contributed by atoms with Gasteiger partial charge in [-0.25, -0.2) is 9.97 Å². The largest absolute Gasteiger partial charge is 0.388 e. The second-order valence-electron chi connectivity index (χ2n) is 5.13. The van der Waals surface area contributed by atoms with Gasteiger partial charge in [0.1, 0.15) is 23.9 Å². The fourth-order valence-electron chi connectivity index (χ4n) is 2.71. The summed E-state index contributed by atoms with van der Waals surface area (Å²) >= 11 is 0. The Morgan fingerprint density at radius 3 is 2.94 bits per heavy atom. The first-order valence-corrected chi connectivity index (χ1v) is 5.98. The Morgan fingerprint density at radius 1 is 1.50 bits per heavy atom. The summed E-state index contributed by atoms with van der Waals surface area (Å²) in [4.78, 5) is 8.14. The van der Waals surface area contributed by atoms with Crippen molar-refractivity contribution in [2.45, 2.75) is 37.5 Å². The third-order valence-corrected chi connectivity index (χ3v) is 3.85. The maximum atomic E-state index is 10.2. The van der Waals surface area contributed by atoms with Crippen molar-refractivity contribution >= 4 is 16.9 Å². The van der Waals surface area contributed by atoms with Crippen LogP contribution < -0.4 is 5.73 Å². The van der Waals surface area contributed by atoms with Gasteiger partial charge in [0.05, 0.1) is 17.0 Å². The van der Waals surface area contributed by atoms with Gasteiger partial charge in [0.15, 0.2) is 0 Å². The molecule has 2 aromatic rings. The Hall–Kier alpha value is -1.66. The highest BCUT2D eigenvalue weighted by molar-refractivity contribution is 5.86. The maximum absolute atomic E-state index is 10.2. The van der Waals surface area contributed by atoms with Crippen LogP contribution in [0.5, 0.6) is 0 Å². The number of hydrogen-bond acceptors (Lipinski definition) is 5. The Labute approximate surface area is 104 Å². The van der Waals surface area contributed by atoms with E-state index < -0.39 is 11.7 Å². The first-order chi connectivity index (χ1) is 8.50. The van der Waals surface area contributed by atoms with Crippen molar-refractivity contribution in [3.05, 3.63) is 18.6 Å². The number of fused-ring (bicyclic) bond motifs is 1. The van der Waals surface area contributed by atoms with E-state index >= 15 is 0 Å². The van der Waals surface area contributed by atoms with Gasteiger partial charge < -0.3 is 20.5 Å². The molecule has 0 amide bonds. The molecule has 0 radical (unpaired) electrons. The molecule has 1 aliphatic rings. The predicted molar refractivity (Wildman–Crippen MR) is 66.8 cm³/mol. The lowest BCUT2D eigenvalue weighted by Crippen LogP contribution is -2.37. The zero-order valence-electron chi connectivity index (χ0n) is 10.1. The van der Waals surface area contributed by atoms with Crippen LogP contribution in [-0.2, 0) is 0 Å². The van der Waals surface area contributed by atoms with Crippen LogP contribution in [0.3, 0.4) is 0 Å². The van der Waals surface area contributed by atoms with Crippen LogP contribution >= 0.6 is 0 Å². The van der Waals surface area contributed by atoms with Crippen molar-refractivity contribution in [1.29, 1.82) is 0 Å². The van der Waals surface area contributed by atoms with Gasteiger partial charge in [0.2, 0.25) is 0 Å². The van der Waals surface area contributed by atoms with Crippen LogP contribution in [0.15, 0.2) is 18.6 Å². The third-order valence-electron chi connectivity index (χ3n) is 3.85. The van der Waals surface area contributed by atoms with Gasteiger partial charge in [0, 0.05) is 6.20 Å². The van der Waals surface area contributed by atoms with Crippen LogP contribution in [-0.4, -0.2) is 36.5 Å². The molecule has 3 atom stereocenters. The summed E-state index contributed by atoms with van der Waals surface area (Å²) in [5.41, 5.74) is 5.44. The van der Waals surface area contributed by atoms with Crippen LogP contribution in [0.1, 0.15) is 25.8 Å². The van der Waals surface area contributed by atoms with Gasteiger partial charge in [-0.2, -0.15) is 0 Å². The number of aliphatic hydroxyl groups is 2. The molecule has 0 aliphatic heterocycles. The number of anilines is 1. The molecule has 1 aliphatic carbocycles. The molecule has 3 rings (SSSR count). The summed E-state index contributed by atoms with van der Waals surface area (Å²) < 4.78 is 1.87. The average Bonchev–Trinajstić information content (AvgIpc) is 2.84. The van der Waals surface area contributed by atoms with E-state index in [9.17, 15) is 10.2 Å². The quantitative estimate of drug-likeness (QED) is 0.681. The smallest absolute Gasteiger partial charge is 0.145 e. The van der Waals surface area contributed by atoms with E-state index in [0.29, 0.717) is 24.3 Å².